The summed E-state index contributed by atoms with van der Waals surface area (Å²) in [6.45, 7) is 11.0. The number of thiophene rings is 1. The van der Waals surface area contributed by atoms with Crippen LogP contribution in [0.2, 0.25) is 0 Å². The molecule has 4 rings (SSSR count). The van der Waals surface area contributed by atoms with Gasteiger partial charge in [0.05, 0.1) is 16.4 Å². The van der Waals surface area contributed by atoms with Crippen molar-refractivity contribution in [2.45, 2.75) is 58.5 Å². The molecule has 1 atom stereocenters. The molecule has 180 valence electrons. The molecule has 1 aliphatic rings. The van der Waals surface area contributed by atoms with Gasteiger partial charge in [0, 0.05) is 29.4 Å². The number of benzene rings is 1. The first-order valence-electron chi connectivity index (χ1n) is 11.7. The highest BCUT2D eigenvalue weighted by molar-refractivity contribution is 7.99. The molecule has 0 saturated carbocycles. The number of carbonyl (C=O) groups is 2. The number of aromatic nitrogens is 2. The molecule has 0 bridgehead atoms. The molecule has 1 aliphatic heterocycles. The maximum atomic E-state index is 13.0. The van der Waals surface area contributed by atoms with Crippen LogP contribution >= 0.6 is 23.1 Å². The van der Waals surface area contributed by atoms with Crippen molar-refractivity contribution in [3.8, 4) is 0 Å². The number of ketones is 1. The number of thioether (sulfide) groups is 1. The maximum Gasteiger partial charge on any atom is 0.259 e. The Labute approximate surface area is 208 Å². The summed E-state index contributed by atoms with van der Waals surface area (Å²) in [5, 5.41) is 0.415. The van der Waals surface area contributed by atoms with Crippen molar-refractivity contribution < 1.29 is 9.59 Å². The van der Waals surface area contributed by atoms with Gasteiger partial charge in [-0.2, -0.15) is 0 Å². The van der Waals surface area contributed by atoms with Gasteiger partial charge in [0.2, 0.25) is 5.91 Å². The smallest absolute Gasteiger partial charge is 0.259 e. The van der Waals surface area contributed by atoms with Crippen molar-refractivity contribution in [1.29, 1.82) is 0 Å². The standard InChI is InChI=1S/C26H31N3O3S2/c1-14-6-7-20(15(2)12-14)23(30)19-8-10-29(11-9-19)26(32)18(5)33-13-21-27-24(31)22-16(3)17(4)34-25(22)28-21/h6-7,12,18-19H,8-11,13H2,1-5H3,(H,27,28,31). The SMILES string of the molecule is Cc1ccc(C(=O)C2CCN(C(=O)C(C)SCc3nc4sc(C)c(C)c4c(=O)[nH]3)CC2)c(C)c1. The lowest BCUT2D eigenvalue weighted by atomic mass is 9.87. The number of aryl methyl sites for hydroxylation is 4. The van der Waals surface area contributed by atoms with E-state index in [1.165, 1.54) is 23.1 Å². The highest BCUT2D eigenvalue weighted by Crippen LogP contribution is 2.28. The fraction of sp³-hybridized carbons (Fsp3) is 0.462. The summed E-state index contributed by atoms with van der Waals surface area (Å²) in [6.07, 6.45) is 1.38. The molecule has 3 aromatic rings. The first-order valence-corrected chi connectivity index (χ1v) is 13.5. The van der Waals surface area contributed by atoms with Crippen LogP contribution in [-0.2, 0) is 10.5 Å². The second-order valence-electron chi connectivity index (χ2n) is 9.21. The van der Waals surface area contributed by atoms with Gasteiger partial charge in [-0.1, -0.05) is 23.8 Å². The van der Waals surface area contributed by atoms with Gasteiger partial charge in [-0.15, -0.1) is 23.1 Å². The van der Waals surface area contributed by atoms with Crippen LogP contribution < -0.4 is 5.56 Å². The Morgan fingerprint density at radius 2 is 1.91 bits per heavy atom. The maximum absolute atomic E-state index is 13.0. The average molecular weight is 498 g/mol. The number of likely N-dealkylation sites (tertiary alicyclic amines) is 1. The Bertz CT molecular complexity index is 1300. The van der Waals surface area contributed by atoms with Gasteiger partial charge in [-0.05, 0) is 58.6 Å². The molecule has 0 radical (unpaired) electrons. The van der Waals surface area contributed by atoms with Crippen molar-refractivity contribution in [3.05, 3.63) is 61.5 Å². The van der Waals surface area contributed by atoms with Gasteiger partial charge in [0.25, 0.3) is 5.56 Å². The third-order valence-electron chi connectivity index (χ3n) is 6.73. The Morgan fingerprint density at radius 1 is 1.21 bits per heavy atom. The first kappa shape index (κ1) is 24.7. The molecule has 1 amide bonds. The zero-order valence-corrected chi connectivity index (χ0v) is 22.0. The summed E-state index contributed by atoms with van der Waals surface area (Å²) < 4.78 is 0. The predicted octanol–water partition coefficient (Wildman–Crippen LogP) is 4.96. The second kappa shape index (κ2) is 10.0. The normalized spacial score (nSPS) is 15.6. The third-order valence-corrected chi connectivity index (χ3v) is 8.97. The number of nitrogens with zero attached hydrogens (tertiary/aromatic N) is 2. The van der Waals surface area contributed by atoms with Crippen LogP contribution in [0.1, 0.15) is 57.5 Å². The summed E-state index contributed by atoms with van der Waals surface area (Å²) in [5.41, 5.74) is 3.84. The number of hydrogen-bond donors (Lipinski definition) is 1. The largest absolute Gasteiger partial charge is 0.342 e. The van der Waals surface area contributed by atoms with Gasteiger partial charge < -0.3 is 9.88 Å². The predicted molar refractivity (Wildman–Crippen MR) is 140 cm³/mol. The van der Waals surface area contributed by atoms with Crippen LogP contribution in [0.25, 0.3) is 10.2 Å². The summed E-state index contributed by atoms with van der Waals surface area (Å²) >= 11 is 3.01. The zero-order chi connectivity index (χ0) is 24.6. The quantitative estimate of drug-likeness (QED) is 0.487. The van der Waals surface area contributed by atoms with Gasteiger partial charge in [0.1, 0.15) is 10.7 Å². The summed E-state index contributed by atoms with van der Waals surface area (Å²) in [6, 6.07) is 5.96. The number of fused-ring (bicyclic) bond motifs is 1. The molecule has 1 N–H and O–H groups in total. The van der Waals surface area contributed by atoms with E-state index in [4.69, 9.17) is 0 Å². The number of H-pyrrole nitrogens is 1. The van der Waals surface area contributed by atoms with E-state index >= 15 is 0 Å². The van der Waals surface area contributed by atoms with Crippen molar-refractivity contribution in [3.63, 3.8) is 0 Å². The number of rotatable bonds is 6. The summed E-state index contributed by atoms with van der Waals surface area (Å²) in [7, 11) is 0. The molecule has 0 aliphatic carbocycles. The average Bonchev–Trinajstić information content (AvgIpc) is 3.10. The molecule has 1 aromatic carbocycles. The van der Waals surface area contributed by atoms with Crippen molar-refractivity contribution in [2.75, 3.05) is 13.1 Å². The third kappa shape index (κ3) is 4.98. The molecule has 6 nitrogen and oxygen atoms in total. The molecule has 1 fully saturated rings. The minimum atomic E-state index is -0.251. The molecule has 1 unspecified atom stereocenters. The van der Waals surface area contributed by atoms with Crippen molar-refractivity contribution in [2.24, 2.45) is 5.92 Å². The highest BCUT2D eigenvalue weighted by Gasteiger charge is 2.30. The van der Waals surface area contributed by atoms with Gasteiger partial charge in [-0.25, -0.2) is 4.98 Å². The van der Waals surface area contributed by atoms with Gasteiger partial charge in [-0.3, -0.25) is 14.4 Å². The molecule has 1 saturated heterocycles. The summed E-state index contributed by atoms with van der Waals surface area (Å²) in [4.78, 5) is 49.7. The van der Waals surface area contributed by atoms with Crippen molar-refractivity contribution in [1.82, 2.24) is 14.9 Å². The lowest BCUT2D eigenvalue weighted by Crippen LogP contribution is -2.43. The topological polar surface area (TPSA) is 83.1 Å². The van der Waals surface area contributed by atoms with Gasteiger partial charge >= 0.3 is 0 Å². The number of amides is 1. The molecule has 34 heavy (non-hydrogen) atoms. The van der Waals surface area contributed by atoms with Crippen LogP contribution in [0.5, 0.6) is 0 Å². The lowest BCUT2D eigenvalue weighted by molar-refractivity contribution is -0.131. The lowest BCUT2D eigenvalue weighted by Gasteiger charge is -2.33. The number of carbonyl (C=O) groups excluding carboxylic acids is 2. The first-order chi connectivity index (χ1) is 16.2. The summed E-state index contributed by atoms with van der Waals surface area (Å²) in [5.74, 6) is 1.30. The number of hydrogen-bond acceptors (Lipinski definition) is 6. The van der Waals surface area contributed by atoms with E-state index < -0.39 is 0 Å². The Hall–Kier alpha value is -2.45. The minimum absolute atomic E-state index is 0.0351. The van der Waals surface area contributed by atoms with Gasteiger partial charge in [0.15, 0.2) is 5.78 Å². The van der Waals surface area contributed by atoms with E-state index in [-0.39, 0.29) is 28.4 Å². The van der Waals surface area contributed by atoms with E-state index in [0.29, 0.717) is 42.9 Å². The van der Waals surface area contributed by atoms with E-state index in [0.717, 1.165) is 32.0 Å². The Morgan fingerprint density at radius 3 is 2.59 bits per heavy atom. The number of nitrogens with one attached hydrogen (secondary N) is 1. The molecule has 8 heteroatoms. The molecule has 2 aromatic heterocycles. The minimum Gasteiger partial charge on any atom is -0.342 e. The number of piperidine rings is 1. The zero-order valence-electron chi connectivity index (χ0n) is 20.4. The fourth-order valence-corrected chi connectivity index (χ4v) is 6.46. The van der Waals surface area contributed by atoms with Crippen LogP contribution in [0.15, 0.2) is 23.0 Å². The monoisotopic (exact) mass is 497 g/mol. The highest BCUT2D eigenvalue weighted by atomic mass is 32.2. The fourth-order valence-electron chi connectivity index (χ4n) is 4.57. The molecule has 3 heterocycles. The second-order valence-corrected chi connectivity index (χ2v) is 11.7. The number of aromatic amines is 1. The molecule has 0 spiro atoms. The van der Waals surface area contributed by atoms with Crippen LogP contribution in [0.3, 0.4) is 0 Å². The van der Waals surface area contributed by atoms with E-state index in [9.17, 15) is 14.4 Å². The van der Waals surface area contributed by atoms with Crippen LogP contribution in [0.4, 0.5) is 0 Å². The number of Topliss-reactive ketones (excluding diaryl/α,β-unsaturated/α-hetero) is 1. The Balaban J connectivity index is 1.33. The van der Waals surface area contributed by atoms with E-state index in [2.05, 4.69) is 9.97 Å². The van der Waals surface area contributed by atoms with Crippen LogP contribution in [-0.4, -0.2) is 44.9 Å². The van der Waals surface area contributed by atoms with Crippen molar-refractivity contribution >= 4 is 45.0 Å². The van der Waals surface area contributed by atoms with Crippen LogP contribution in [0, 0.1) is 33.6 Å². The molecular weight excluding hydrogens is 466 g/mol. The molecular formula is C26H31N3O3S2. The van der Waals surface area contributed by atoms with E-state index in [1.54, 1.807) is 0 Å². The van der Waals surface area contributed by atoms with E-state index in [1.807, 2.05) is 57.7 Å². The Kier molecular flexibility index (Phi) is 7.28.